The van der Waals surface area contributed by atoms with Crippen molar-refractivity contribution in [1.82, 2.24) is 4.90 Å². The van der Waals surface area contributed by atoms with Crippen molar-refractivity contribution in [2.45, 2.75) is 129 Å². The van der Waals surface area contributed by atoms with Crippen LogP contribution in [0.2, 0.25) is 0 Å². The normalized spacial score (nSPS) is 12.7. The van der Waals surface area contributed by atoms with E-state index in [9.17, 15) is 0 Å². The van der Waals surface area contributed by atoms with Crippen molar-refractivity contribution in [3.8, 4) is 0 Å². The molecule has 1 atom stereocenters. The van der Waals surface area contributed by atoms with E-state index in [-0.39, 0.29) is 18.4 Å². The van der Waals surface area contributed by atoms with Gasteiger partial charge in [-0.15, -0.1) is 12.4 Å². The average Bonchev–Trinajstić information content (AvgIpc) is 2.86. The van der Waals surface area contributed by atoms with Gasteiger partial charge in [-0.25, -0.2) is 14.7 Å². The maximum Gasteiger partial charge on any atom is 0.764 e. The predicted molar refractivity (Wildman–Crippen MR) is 157 cm³/mol. The number of nitrogens with zero attached hydrogens (tertiary/aromatic N) is 1. The molecule has 11 heteroatoms. The summed E-state index contributed by atoms with van der Waals surface area (Å²) in [5.41, 5.74) is 6.07. The van der Waals surface area contributed by atoms with Crippen LogP contribution in [0.3, 0.4) is 0 Å². The van der Waals surface area contributed by atoms with E-state index in [4.69, 9.17) is 23.9 Å². The van der Waals surface area contributed by atoms with Crippen LogP contribution in [-0.2, 0) is 32.8 Å². The van der Waals surface area contributed by atoms with Gasteiger partial charge in [0.05, 0.1) is 21.3 Å². The SMILES string of the molecule is CCCCCCCCCCCCCCCCCCN(CCCO[Si](OOC)(OOC)OOC)CC(C)N.Cl. The Bertz CT molecular complexity index is 454. The predicted octanol–water partition coefficient (Wildman–Crippen LogP) is 6.90. The fraction of sp³-hybridized carbons (Fsp3) is 1.00. The molecule has 0 radical (unpaired) electrons. The Morgan fingerprint density at radius 1 is 0.605 bits per heavy atom. The minimum atomic E-state index is -3.67. The van der Waals surface area contributed by atoms with E-state index in [1.165, 1.54) is 124 Å². The summed E-state index contributed by atoms with van der Waals surface area (Å²) in [6, 6.07) is 0.126. The summed E-state index contributed by atoms with van der Waals surface area (Å²) < 4.78 is 20.8. The van der Waals surface area contributed by atoms with Gasteiger partial charge in [-0.3, -0.25) is 0 Å². The van der Waals surface area contributed by atoms with Crippen LogP contribution in [0.15, 0.2) is 0 Å². The monoisotopic (exact) mass is 588 g/mol. The molecule has 0 rings (SSSR count). The Kier molecular flexibility index (Phi) is 31.9. The van der Waals surface area contributed by atoms with Gasteiger partial charge in [-0.2, -0.15) is 13.7 Å². The quantitative estimate of drug-likeness (QED) is 0.0416. The lowest BCUT2D eigenvalue weighted by Gasteiger charge is -2.25. The number of rotatable bonds is 30. The highest BCUT2D eigenvalue weighted by atomic mass is 35.5. The molecule has 1 unspecified atom stereocenters. The van der Waals surface area contributed by atoms with E-state index < -0.39 is 9.05 Å². The highest BCUT2D eigenvalue weighted by Gasteiger charge is 2.51. The third-order valence-corrected chi connectivity index (χ3v) is 8.00. The third kappa shape index (κ3) is 25.1. The molecular formula is C27H61ClN2O7Si. The lowest BCUT2D eigenvalue weighted by molar-refractivity contribution is -0.370. The number of hydrogen-bond acceptors (Lipinski definition) is 9. The third-order valence-electron chi connectivity index (χ3n) is 6.33. The summed E-state index contributed by atoms with van der Waals surface area (Å²) in [6.45, 7) is 7.43. The molecule has 0 aliphatic rings. The summed E-state index contributed by atoms with van der Waals surface area (Å²) in [6.07, 6.45) is 22.8. The number of nitrogens with two attached hydrogens (primary N) is 1. The molecule has 232 valence electrons. The molecule has 9 nitrogen and oxygen atoms in total. The second-order valence-corrected chi connectivity index (χ2v) is 11.8. The second-order valence-electron chi connectivity index (χ2n) is 10.0. The highest BCUT2D eigenvalue weighted by Crippen LogP contribution is 2.15. The van der Waals surface area contributed by atoms with E-state index in [1.807, 2.05) is 6.92 Å². The summed E-state index contributed by atoms with van der Waals surface area (Å²) in [4.78, 5) is 16.4. The van der Waals surface area contributed by atoms with Gasteiger partial charge in [-0.05, 0) is 26.3 Å². The van der Waals surface area contributed by atoms with Gasteiger partial charge in [0.1, 0.15) is 0 Å². The smallest absolute Gasteiger partial charge is 0.347 e. The zero-order valence-corrected chi connectivity index (χ0v) is 27.0. The molecule has 0 aromatic heterocycles. The first-order valence-electron chi connectivity index (χ1n) is 14.8. The van der Waals surface area contributed by atoms with Crippen molar-refractivity contribution in [2.75, 3.05) is 47.6 Å². The van der Waals surface area contributed by atoms with Gasteiger partial charge < -0.3 is 15.1 Å². The standard InChI is InChI=1S/C27H60N2O7Si.ClH/c1-6-7-8-9-10-11-12-13-14-15-16-17-18-19-20-21-23-29(26-27(2)28)24-22-25-33-37(34-30-3,35-31-4)36-32-5;/h27H,6-26,28H2,1-5H3;1H. The second kappa shape index (κ2) is 30.1. The molecule has 0 spiro atoms. The minimum Gasteiger partial charge on any atom is -0.347 e. The molecule has 0 bridgehead atoms. The van der Waals surface area contributed by atoms with E-state index in [2.05, 4.69) is 26.5 Å². The molecule has 0 amide bonds. The Morgan fingerprint density at radius 3 is 1.34 bits per heavy atom. The summed E-state index contributed by atoms with van der Waals surface area (Å²) in [7, 11) is 0.342. The van der Waals surface area contributed by atoms with Gasteiger partial charge in [-0.1, -0.05) is 103 Å². The molecule has 38 heavy (non-hydrogen) atoms. The van der Waals surface area contributed by atoms with Crippen LogP contribution in [0.5, 0.6) is 0 Å². The van der Waals surface area contributed by atoms with Gasteiger partial charge in [0.25, 0.3) is 0 Å². The first-order valence-corrected chi connectivity index (χ1v) is 16.4. The maximum atomic E-state index is 6.07. The fourth-order valence-electron chi connectivity index (χ4n) is 4.49. The molecule has 0 aromatic carbocycles. The molecule has 0 aromatic rings. The minimum absolute atomic E-state index is 0. The van der Waals surface area contributed by atoms with E-state index >= 15 is 0 Å². The maximum absolute atomic E-state index is 6.07. The number of halogens is 1. The van der Waals surface area contributed by atoms with E-state index in [1.54, 1.807) is 0 Å². The molecule has 0 aliphatic heterocycles. The Hall–Kier alpha value is 0.147. The Balaban J connectivity index is 0. The van der Waals surface area contributed by atoms with Gasteiger partial charge in [0, 0.05) is 25.7 Å². The molecule has 0 heterocycles. The zero-order chi connectivity index (χ0) is 27.5. The van der Waals surface area contributed by atoms with Gasteiger partial charge in [0.15, 0.2) is 0 Å². The van der Waals surface area contributed by atoms with E-state index in [0.717, 1.165) is 26.1 Å². The Labute approximate surface area is 241 Å². The van der Waals surface area contributed by atoms with Crippen molar-refractivity contribution in [1.29, 1.82) is 0 Å². The van der Waals surface area contributed by atoms with Crippen LogP contribution in [0.4, 0.5) is 0 Å². The van der Waals surface area contributed by atoms with Crippen LogP contribution in [0, 0.1) is 0 Å². The average molecular weight is 589 g/mol. The molecular weight excluding hydrogens is 528 g/mol. The first-order chi connectivity index (χ1) is 18.0. The van der Waals surface area contributed by atoms with Crippen molar-refractivity contribution in [2.24, 2.45) is 5.73 Å². The van der Waals surface area contributed by atoms with Crippen molar-refractivity contribution >= 4 is 21.5 Å². The number of hydrogen-bond donors (Lipinski definition) is 1. The van der Waals surface area contributed by atoms with Crippen molar-refractivity contribution in [3.63, 3.8) is 0 Å². The Morgan fingerprint density at radius 2 is 0.974 bits per heavy atom. The highest BCUT2D eigenvalue weighted by molar-refractivity contribution is 6.52. The zero-order valence-electron chi connectivity index (χ0n) is 25.2. The molecule has 0 aliphatic carbocycles. The molecule has 0 saturated carbocycles. The van der Waals surface area contributed by atoms with Crippen LogP contribution in [-0.4, -0.2) is 67.6 Å². The molecule has 0 fully saturated rings. The van der Waals surface area contributed by atoms with Gasteiger partial charge >= 0.3 is 9.05 Å². The van der Waals surface area contributed by atoms with Gasteiger partial charge in [0.2, 0.25) is 0 Å². The van der Waals surface area contributed by atoms with Crippen LogP contribution < -0.4 is 5.73 Å². The summed E-state index contributed by atoms with van der Waals surface area (Å²) in [5.74, 6) is 0. The first kappa shape index (κ1) is 40.3. The van der Waals surface area contributed by atoms with Crippen molar-refractivity contribution < 1.29 is 32.8 Å². The van der Waals surface area contributed by atoms with E-state index in [0.29, 0.717) is 6.61 Å². The fourth-order valence-corrected chi connectivity index (χ4v) is 5.72. The number of unbranched alkanes of at least 4 members (excludes halogenated alkanes) is 15. The largest absolute Gasteiger partial charge is 0.764 e. The summed E-state index contributed by atoms with van der Waals surface area (Å²) in [5, 5.41) is 0. The summed E-state index contributed by atoms with van der Waals surface area (Å²) >= 11 is 0. The lowest BCUT2D eigenvalue weighted by atomic mass is 10.0. The molecule has 0 saturated heterocycles. The molecule has 2 N–H and O–H groups in total. The van der Waals surface area contributed by atoms with Crippen LogP contribution in [0.1, 0.15) is 123 Å². The van der Waals surface area contributed by atoms with Crippen LogP contribution >= 0.6 is 12.4 Å². The van der Waals surface area contributed by atoms with Crippen LogP contribution in [0.25, 0.3) is 0 Å². The lowest BCUT2D eigenvalue weighted by Crippen LogP contribution is -2.49. The topological polar surface area (TPSA) is 93.9 Å². The van der Waals surface area contributed by atoms with Crippen molar-refractivity contribution in [3.05, 3.63) is 0 Å².